The quantitative estimate of drug-likeness (QED) is 0.582. The zero-order valence-electron chi connectivity index (χ0n) is 10.0. The molecule has 0 aliphatic carbocycles. The highest BCUT2D eigenvalue weighted by molar-refractivity contribution is 8.13. The molecule has 0 saturated carbocycles. The van der Waals surface area contributed by atoms with E-state index in [1.54, 1.807) is 18.8 Å². The van der Waals surface area contributed by atoms with Crippen molar-refractivity contribution in [1.29, 1.82) is 0 Å². The van der Waals surface area contributed by atoms with Crippen LogP contribution in [-0.2, 0) is 0 Å². The van der Waals surface area contributed by atoms with Crippen LogP contribution in [0.3, 0.4) is 0 Å². The topological polar surface area (TPSA) is 24.4 Å². The normalized spacial score (nSPS) is 11.7. The Bertz CT molecular complexity index is 383. The van der Waals surface area contributed by atoms with Crippen molar-refractivity contribution >= 4 is 22.6 Å². The van der Waals surface area contributed by atoms with Gasteiger partial charge in [-0.15, -0.1) is 0 Å². The Morgan fingerprint density at radius 3 is 2.27 bits per heavy atom. The number of anilines is 1. The lowest BCUT2D eigenvalue weighted by Gasteiger charge is -2.12. The molecule has 1 aromatic carbocycles. The third-order valence-electron chi connectivity index (χ3n) is 2.48. The van der Waals surface area contributed by atoms with Gasteiger partial charge in [0.05, 0.1) is 0 Å². The van der Waals surface area contributed by atoms with E-state index < -0.39 is 0 Å². The summed E-state index contributed by atoms with van der Waals surface area (Å²) in [5, 5.41) is 4.27. The van der Waals surface area contributed by atoms with E-state index in [1.807, 2.05) is 6.26 Å². The third kappa shape index (κ3) is 2.99. The maximum Gasteiger partial charge on any atom is 0.160 e. The molecule has 1 N–H and O–H groups in total. The molecule has 15 heavy (non-hydrogen) atoms. The van der Waals surface area contributed by atoms with Crippen LogP contribution in [0.25, 0.3) is 0 Å². The number of hydrogen-bond donors (Lipinski definition) is 1. The van der Waals surface area contributed by atoms with Crippen molar-refractivity contribution in [3.8, 4) is 0 Å². The van der Waals surface area contributed by atoms with Gasteiger partial charge in [-0.1, -0.05) is 17.8 Å². The van der Waals surface area contributed by atoms with Crippen LogP contribution >= 0.6 is 11.8 Å². The molecule has 0 amide bonds. The second kappa shape index (κ2) is 5.21. The van der Waals surface area contributed by atoms with Crippen molar-refractivity contribution < 1.29 is 0 Å². The van der Waals surface area contributed by atoms with Gasteiger partial charge in [-0.2, -0.15) is 0 Å². The van der Waals surface area contributed by atoms with Crippen molar-refractivity contribution in [3.63, 3.8) is 0 Å². The van der Waals surface area contributed by atoms with Gasteiger partial charge in [0.1, 0.15) is 0 Å². The zero-order chi connectivity index (χ0) is 11.4. The molecule has 0 aliphatic rings. The predicted molar refractivity (Wildman–Crippen MR) is 71.1 cm³/mol. The second-order valence-corrected chi connectivity index (χ2v) is 4.40. The summed E-state index contributed by atoms with van der Waals surface area (Å²) in [5.74, 6) is 0. The van der Waals surface area contributed by atoms with E-state index in [4.69, 9.17) is 0 Å². The van der Waals surface area contributed by atoms with Gasteiger partial charge in [0.25, 0.3) is 0 Å². The fourth-order valence-electron chi connectivity index (χ4n) is 1.41. The van der Waals surface area contributed by atoms with Crippen LogP contribution in [0.2, 0.25) is 0 Å². The fraction of sp³-hybridized carbons (Fsp3) is 0.417. The van der Waals surface area contributed by atoms with Gasteiger partial charge in [0.15, 0.2) is 5.17 Å². The first-order valence-electron chi connectivity index (χ1n) is 4.94. The van der Waals surface area contributed by atoms with E-state index in [0.29, 0.717) is 0 Å². The van der Waals surface area contributed by atoms with E-state index in [1.165, 1.54) is 16.7 Å². The summed E-state index contributed by atoms with van der Waals surface area (Å²) in [5.41, 5.74) is 5.04. The highest BCUT2D eigenvalue weighted by Gasteiger charge is 2.03. The van der Waals surface area contributed by atoms with E-state index in [2.05, 4.69) is 43.2 Å². The standard InChI is InChI=1S/C12H18N2S/c1-8-6-10(3)11(7-9(8)2)14-12(13-4)15-5/h6-7H,1-5H3,(H,13,14). The minimum atomic E-state index is 0.946. The fourth-order valence-corrected chi connectivity index (χ4v) is 1.80. The number of nitrogens with one attached hydrogen (secondary N) is 1. The molecule has 0 fully saturated rings. The van der Waals surface area contributed by atoms with E-state index in [-0.39, 0.29) is 0 Å². The molecule has 1 rings (SSSR count). The lowest BCUT2D eigenvalue weighted by atomic mass is 10.1. The molecule has 0 unspecified atom stereocenters. The first-order chi connectivity index (χ1) is 7.08. The van der Waals surface area contributed by atoms with Crippen LogP contribution in [0.1, 0.15) is 16.7 Å². The Labute approximate surface area is 96.2 Å². The van der Waals surface area contributed by atoms with Gasteiger partial charge in [-0.25, -0.2) is 0 Å². The van der Waals surface area contributed by atoms with Crippen molar-refractivity contribution in [2.45, 2.75) is 20.8 Å². The molecule has 3 heteroatoms. The third-order valence-corrected chi connectivity index (χ3v) is 3.15. The zero-order valence-corrected chi connectivity index (χ0v) is 10.8. The Kier molecular flexibility index (Phi) is 4.21. The molecule has 0 bridgehead atoms. The monoisotopic (exact) mass is 222 g/mol. The number of aliphatic imine (C=N–C) groups is 1. The van der Waals surface area contributed by atoms with Crippen molar-refractivity contribution in [1.82, 2.24) is 0 Å². The first-order valence-corrected chi connectivity index (χ1v) is 6.16. The minimum Gasteiger partial charge on any atom is -0.335 e. The number of nitrogens with zero attached hydrogens (tertiary/aromatic N) is 1. The van der Waals surface area contributed by atoms with Gasteiger partial charge >= 0.3 is 0 Å². The Morgan fingerprint density at radius 1 is 1.13 bits per heavy atom. The number of thioether (sulfide) groups is 1. The summed E-state index contributed by atoms with van der Waals surface area (Å²) < 4.78 is 0. The van der Waals surface area contributed by atoms with E-state index >= 15 is 0 Å². The Morgan fingerprint density at radius 2 is 1.73 bits per heavy atom. The predicted octanol–water partition coefficient (Wildman–Crippen LogP) is 3.37. The lowest BCUT2D eigenvalue weighted by molar-refractivity contribution is 1.30. The minimum absolute atomic E-state index is 0.946. The van der Waals surface area contributed by atoms with E-state index in [0.717, 1.165) is 10.9 Å². The molecule has 0 spiro atoms. The number of hydrogen-bond acceptors (Lipinski definition) is 2. The van der Waals surface area contributed by atoms with Gasteiger partial charge in [0.2, 0.25) is 0 Å². The van der Waals surface area contributed by atoms with Crippen molar-refractivity contribution in [3.05, 3.63) is 28.8 Å². The number of rotatable bonds is 1. The van der Waals surface area contributed by atoms with Gasteiger partial charge in [-0.3, -0.25) is 4.99 Å². The van der Waals surface area contributed by atoms with Crippen LogP contribution in [0.5, 0.6) is 0 Å². The summed E-state index contributed by atoms with van der Waals surface area (Å²) in [7, 11) is 1.80. The summed E-state index contributed by atoms with van der Waals surface area (Å²) in [4.78, 5) is 4.16. The highest BCUT2D eigenvalue weighted by Crippen LogP contribution is 2.21. The number of aryl methyl sites for hydroxylation is 3. The number of benzene rings is 1. The molecule has 0 heterocycles. The van der Waals surface area contributed by atoms with Crippen LogP contribution in [-0.4, -0.2) is 18.5 Å². The average molecular weight is 222 g/mol. The van der Waals surface area contributed by atoms with Crippen LogP contribution in [0.15, 0.2) is 17.1 Å². The molecule has 0 saturated heterocycles. The molecular formula is C12H18N2S. The summed E-state index contributed by atoms with van der Waals surface area (Å²) in [6, 6.07) is 4.37. The summed E-state index contributed by atoms with van der Waals surface area (Å²) in [6.07, 6.45) is 2.02. The van der Waals surface area contributed by atoms with Gasteiger partial charge in [-0.05, 0) is 49.8 Å². The largest absolute Gasteiger partial charge is 0.335 e. The molecule has 0 atom stereocenters. The highest BCUT2D eigenvalue weighted by atomic mass is 32.2. The Balaban J connectivity index is 3.00. The van der Waals surface area contributed by atoms with Gasteiger partial charge < -0.3 is 5.32 Å². The van der Waals surface area contributed by atoms with Crippen LogP contribution < -0.4 is 5.32 Å². The summed E-state index contributed by atoms with van der Waals surface area (Å²) in [6.45, 7) is 6.37. The molecular weight excluding hydrogens is 204 g/mol. The molecule has 0 aliphatic heterocycles. The Hall–Kier alpha value is -0.960. The average Bonchev–Trinajstić information content (AvgIpc) is 2.21. The molecule has 0 aromatic heterocycles. The van der Waals surface area contributed by atoms with Gasteiger partial charge in [0, 0.05) is 12.7 Å². The maximum atomic E-state index is 4.16. The van der Waals surface area contributed by atoms with Crippen molar-refractivity contribution in [2.75, 3.05) is 18.6 Å². The maximum absolute atomic E-state index is 4.16. The van der Waals surface area contributed by atoms with E-state index in [9.17, 15) is 0 Å². The molecule has 2 nitrogen and oxygen atoms in total. The van der Waals surface area contributed by atoms with Crippen LogP contribution in [0.4, 0.5) is 5.69 Å². The smallest absolute Gasteiger partial charge is 0.160 e. The molecule has 0 radical (unpaired) electrons. The molecule has 1 aromatic rings. The molecule has 82 valence electrons. The SMILES string of the molecule is CN=C(Nc1cc(C)c(C)cc1C)SC. The van der Waals surface area contributed by atoms with Crippen molar-refractivity contribution in [2.24, 2.45) is 4.99 Å². The van der Waals surface area contributed by atoms with Crippen LogP contribution in [0, 0.1) is 20.8 Å². The first kappa shape index (κ1) is 12.1. The summed E-state index contributed by atoms with van der Waals surface area (Å²) >= 11 is 1.62. The second-order valence-electron chi connectivity index (χ2n) is 3.61. The number of amidine groups is 1. The lowest BCUT2D eigenvalue weighted by Crippen LogP contribution is -2.08.